The minimum atomic E-state index is -1.02. The van der Waals surface area contributed by atoms with E-state index >= 15 is 0 Å². The first-order chi connectivity index (χ1) is 21.9. The summed E-state index contributed by atoms with van der Waals surface area (Å²) < 4.78 is 5.82. The van der Waals surface area contributed by atoms with Crippen LogP contribution in [-0.2, 0) is 19.1 Å². The Morgan fingerprint density at radius 2 is 1.18 bits per heavy atom. The van der Waals surface area contributed by atoms with Crippen molar-refractivity contribution in [2.24, 2.45) is 5.73 Å². The van der Waals surface area contributed by atoms with Crippen molar-refractivity contribution in [1.29, 1.82) is 0 Å². The fourth-order valence-electron chi connectivity index (χ4n) is 5.15. The molecule has 2 atom stereocenters. The van der Waals surface area contributed by atoms with E-state index in [2.05, 4.69) is 55.6 Å². The summed E-state index contributed by atoms with van der Waals surface area (Å²) in [4.78, 5) is 35.9. The van der Waals surface area contributed by atoms with Crippen LogP contribution in [0.1, 0.15) is 168 Å². The Hall–Kier alpha value is -2.41. The molecule has 0 saturated heterocycles. The highest BCUT2D eigenvalue weighted by Crippen LogP contribution is 2.17. The van der Waals surface area contributed by atoms with Gasteiger partial charge >= 0.3 is 11.9 Å². The highest BCUT2D eigenvalue weighted by atomic mass is 16.5. The maximum atomic E-state index is 12.5. The summed E-state index contributed by atoms with van der Waals surface area (Å²) in [5.41, 5.74) is 5.45. The molecule has 0 aliphatic rings. The Labute approximate surface area is 275 Å². The van der Waals surface area contributed by atoms with Crippen LogP contribution in [-0.4, -0.2) is 41.6 Å². The number of nitrogens with one attached hydrogen (secondary N) is 1. The Kier molecular flexibility index (Phi) is 31.2. The second-order valence-electron chi connectivity index (χ2n) is 12.3. The Bertz CT molecular complexity index is 808. The van der Waals surface area contributed by atoms with E-state index in [-0.39, 0.29) is 18.0 Å². The highest BCUT2D eigenvalue weighted by molar-refractivity contribution is 5.83. The van der Waals surface area contributed by atoms with Gasteiger partial charge in [0.25, 0.3) is 0 Å². The van der Waals surface area contributed by atoms with Gasteiger partial charge in [-0.15, -0.1) is 0 Å². The lowest BCUT2D eigenvalue weighted by atomic mass is 10.0. The van der Waals surface area contributed by atoms with Crippen LogP contribution in [0.25, 0.3) is 0 Å². The molecular formula is C38H68N2O5. The molecule has 0 rings (SSSR count). The fraction of sp³-hybridized carbons (Fsp3) is 0.763. The second kappa shape index (κ2) is 33.0. The third kappa shape index (κ3) is 30.0. The number of aliphatic carboxylic acids is 1. The Balaban J connectivity index is 3.90. The molecule has 4 N–H and O–H groups in total. The number of allylic oxidation sites excluding steroid dienone is 6. The molecule has 0 radical (unpaired) electrons. The Morgan fingerprint density at radius 3 is 1.80 bits per heavy atom. The monoisotopic (exact) mass is 633 g/mol. The molecule has 0 aromatic heterocycles. The van der Waals surface area contributed by atoms with Gasteiger partial charge in [-0.2, -0.15) is 0 Å². The molecule has 2 unspecified atom stereocenters. The van der Waals surface area contributed by atoms with Gasteiger partial charge in [0.2, 0.25) is 5.91 Å². The first-order valence-electron chi connectivity index (χ1n) is 18.3. The number of carbonyl (C=O) groups is 3. The molecule has 1 amide bonds. The van der Waals surface area contributed by atoms with Crippen molar-refractivity contribution in [3.05, 3.63) is 36.5 Å². The minimum absolute atomic E-state index is 0.0559. The minimum Gasteiger partial charge on any atom is -0.480 e. The number of carbonyl (C=O) groups excluding carboxylic acids is 2. The molecule has 7 heteroatoms. The Morgan fingerprint density at radius 1 is 0.644 bits per heavy atom. The van der Waals surface area contributed by atoms with Crippen LogP contribution in [0.15, 0.2) is 36.5 Å². The van der Waals surface area contributed by atoms with Crippen LogP contribution in [0.3, 0.4) is 0 Å². The molecule has 0 fully saturated rings. The standard InChI is InChI=1S/C38H68N2O5/c1-3-5-7-8-9-10-11-12-13-14-15-16-17-18-19-20-21-22-26-32-37(42)45-34(28-6-4-2)29-24-23-25-31-36(41)40-35(38(43)44)30-27-33-39/h9-10,12-13,15-16,34-35H,3-8,11,14,17-33,39H2,1-2H3,(H,40,41)(H,43,44)/b10-9-,13-12-,16-15-. The van der Waals surface area contributed by atoms with Gasteiger partial charge in [0.1, 0.15) is 12.1 Å². The van der Waals surface area contributed by atoms with Crippen LogP contribution >= 0.6 is 0 Å². The van der Waals surface area contributed by atoms with Crippen molar-refractivity contribution in [3.63, 3.8) is 0 Å². The van der Waals surface area contributed by atoms with E-state index in [9.17, 15) is 19.5 Å². The van der Waals surface area contributed by atoms with Gasteiger partial charge in [-0.3, -0.25) is 9.59 Å². The molecule has 7 nitrogen and oxygen atoms in total. The molecule has 0 saturated carbocycles. The fourth-order valence-corrected chi connectivity index (χ4v) is 5.15. The zero-order valence-corrected chi connectivity index (χ0v) is 29.0. The molecule has 0 bridgehead atoms. The quantitative estimate of drug-likeness (QED) is 0.0386. The third-order valence-electron chi connectivity index (χ3n) is 7.96. The van der Waals surface area contributed by atoms with Gasteiger partial charge < -0.3 is 20.9 Å². The first kappa shape index (κ1) is 42.6. The molecule has 0 heterocycles. The molecule has 0 aliphatic carbocycles. The number of esters is 1. The lowest BCUT2D eigenvalue weighted by Crippen LogP contribution is -2.40. The third-order valence-corrected chi connectivity index (χ3v) is 7.96. The number of rotatable bonds is 32. The lowest BCUT2D eigenvalue weighted by molar-refractivity contribution is -0.150. The molecule has 0 aromatic rings. The van der Waals surface area contributed by atoms with E-state index < -0.39 is 12.0 Å². The summed E-state index contributed by atoms with van der Waals surface area (Å²) >= 11 is 0. The average Bonchev–Trinajstić information content (AvgIpc) is 3.02. The second-order valence-corrected chi connectivity index (χ2v) is 12.3. The number of carboxylic acids is 1. The number of amides is 1. The van der Waals surface area contributed by atoms with Crippen LogP contribution in [0.4, 0.5) is 0 Å². The number of carboxylic acid groups (broad SMARTS) is 1. The van der Waals surface area contributed by atoms with Gasteiger partial charge in [-0.25, -0.2) is 4.79 Å². The van der Waals surface area contributed by atoms with E-state index in [4.69, 9.17) is 10.5 Å². The van der Waals surface area contributed by atoms with Crippen molar-refractivity contribution >= 4 is 17.8 Å². The highest BCUT2D eigenvalue weighted by Gasteiger charge is 2.19. The molecule has 260 valence electrons. The van der Waals surface area contributed by atoms with Crippen molar-refractivity contribution in [3.8, 4) is 0 Å². The van der Waals surface area contributed by atoms with Crippen LogP contribution in [0.2, 0.25) is 0 Å². The molecule has 0 spiro atoms. The number of nitrogens with two attached hydrogens (primary N) is 1. The molecule has 0 aromatic carbocycles. The summed E-state index contributed by atoms with van der Waals surface area (Å²) in [6.45, 7) is 4.78. The number of unbranched alkanes of at least 4 members (excludes halogenated alkanes) is 12. The van der Waals surface area contributed by atoms with E-state index in [0.29, 0.717) is 38.6 Å². The predicted octanol–water partition coefficient (Wildman–Crippen LogP) is 9.50. The molecule has 45 heavy (non-hydrogen) atoms. The summed E-state index contributed by atoms with van der Waals surface area (Å²) in [5, 5.41) is 11.8. The summed E-state index contributed by atoms with van der Waals surface area (Å²) in [6.07, 6.45) is 36.6. The maximum absolute atomic E-state index is 12.5. The lowest BCUT2D eigenvalue weighted by Gasteiger charge is -2.18. The number of hydrogen-bond donors (Lipinski definition) is 3. The largest absolute Gasteiger partial charge is 0.480 e. The van der Waals surface area contributed by atoms with E-state index in [0.717, 1.165) is 70.6 Å². The van der Waals surface area contributed by atoms with Crippen molar-refractivity contribution in [2.75, 3.05) is 6.54 Å². The average molecular weight is 633 g/mol. The van der Waals surface area contributed by atoms with Gasteiger partial charge in [0, 0.05) is 12.8 Å². The van der Waals surface area contributed by atoms with Gasteiger partial charge in [-0.05, 0) is 90.0 Å². The normalized spacial score (nSPS) is 13.1. The first-order valence-corrected chi connectivity index (χ1v) is 18.3. The predicted molar refractivity (Wildman–Crippen MR) is 188 cm³/mol. The maximum Gasteiger partial charge on any atom is 0.326 e. The molecule has 0 aliphatic heterocycles. The SMILES string of the molecule is CCCCC/C=C\C/C=C\C/C=C\CCCCCCCCC(=O)OC(CCCC)CCCCCC(=O)NC(CCCN)C(=O)O. The number of ether oxygens (including phenoxy) is 1. The van der Waals surface area contributed by atoms with E-state index in [1.165, 1.54) is 51.4 Å². The van der Waals surface area contributed by atoms with Crippen molar-refractivity contribution in [1.82, 2.24) is 5.32 Å². The van der Waals surface area contributed by atoms with Crippen molar-refractivity contribution in [2.45, 2.75) is 180 Å². The van der Waals surface area contributed by atoms with Gasteiger partial charge in [0.15, 0.2) is 0 Å². The smallest absolute Gasteiger partial charge is 0.326 e. The van der Waals surface area contributed by atoms with Crippen LogP contribution in [0.5, 0.6) is 0 Å². The van der Waals surface area contributed by atoms with E-state index in [1.54, 1.807) is 0 Å². The van der Waals surface area contributed by atoms with Gasteiger partial charge in [0.05, 0.1) is 0 Å². The molecular weight excluding hydrogens is 564 g/mol. The van der Waals surface area contributed by atoms with Crippen LogP contribution in [0, 0.1) is 0 Å². The summed E-state index contributed by atoms with van der Waals surface area (Å²) in [7, 11) is 0. The summed E-state index contributed by atoms with van der Waals surface area (Å²) in [5.74, 6) is -1.34. The summed E-state index contributed by atoms with van der Waals surface area (Å²) in [6, 6.07) is -0.873. The topological polar surface area (TPSA) is 119 Å². The zero-order chi connectivity index (χ0) is 33.2. The van der Waals surface area contributed by atoms with Gasteiger partial charge in [-0.1, -0.05) is 108 Å². The van der Waals surface area contributed by atoms with Crippen LogP contribution < -0.4 is 11.1 Å². The zero-order valence-electron chi connectivity index (χ0n) is 29.0. The number of hydrogen-bond acceptors (Lipinski definition) is 5. The van der Waals surface area contributed by atoms with Crippen molar-refractivity contribution < 1.29 is 24.2 Å². The van der Waals surface area contributed by atoms with E-state index in [1.807, 2.05) is 0 Å².